The molecule has 166 valence electrons. The number of carbonyl (C=O) groups excluding carboxylic acids is 3. The molecule has 2 N–H and O–H groups in total. The van der Waals surface area contributed by atoms with E-state index in [9.17, 15) is 23.2 Å². The summed E-state index contributed by atoms with van der Waals surface area (Å²) in [6, 6.07) is 7.46. The van der Waals surface area contributed by atoms with E-state index in [4.69, 9.17) is 14.2 Å². The average Bonchev–Trinajstić information content (AvgIpc) is 2.75. The summed E-state index contributed by atoms with van der Waals surface area (Å²) in [5, 5.41) is 4.98. The van der Waals surface area contributed by atoms with Gasteiger partial charge in [-0.15, -0.1) is 0 Å². The molecule has 10 heteroatoms. The Morgan fingerprint density at radius 1 is 1.00 bits per heavy atom. The summed E-state index contributed by atoms with van der Waals surface area (Å²) in [6.07, 6.45) is 0.140. The van der Waals surface area contributed by atoms with Crippen molar-refractivity contribution in [3.63, 3.8) is 0 Å². The van der Waals surface area contributed by atoms with Crippen molar-refractivity contribution in [2.24, 2.45) is 0 Å². The van der Waals surface area contributed by atoms with Crippen molar-refractivity contribution in [2.45, 2.75) is 12.8 Å². The molecule has 2 amide bonds. The van der Waals surface area contributed by atoms with Crippen molar-refractivity contribution in [3.05, 3.63) is 53.6 Å². The molecular weight excluding hydrogens is 414 g/mol. The molecular formula is C21H22F2N2O6. The fourth-order valence-corrected chi connectivity index (χ4v) is 2.52. The molecule has 0 heterocycles. The summed E-state index contributed by atoms with van der Waals surface area (Å²) in [4.78, 5) is 35.6. The van der Waals surface area contributed by atoms with Crippen LogP contribution in [0.25, 0.3) is 0 Å². The second kappa shape index (κ2) is 11.5. The van der Waals surface area contributed by atoms with Gasteiger partial charge in [0.2, 0.25) is 0 Å². The highest BCUT2D eigenvalue weighted by molar-refractivity contribution is 5.95. The highest BCUT2D eigenvalue weighted by Crippen LogP contribution is 2.28. The van der Waals surface area contributed by atoms with Crippen molar-refractivity contribution in [2.75, 3.05) is 32.7 Å². The first-order valence-electron chi connectivity index (χ1n) is 9.24. The molecule has 8 nitrogen and oxygen atoms in total. The predicted molar refractivity (Wildman–Crippen MR) is 107 cm³/mol. The van der Waals surface area contributed by atoms with E-state index in [1.165, 1.54) is 14.2 Å². The van der Waals surface area contributed by atoms with E-state index in [1.54, 1.807) is 18.2 Å². The molecule has 0 aliphatic carbocycles. The summed E-state index contributed by atoms with van der Waals surface area (Å²) in [6.45, 7) is -0.440. The molecule has 0 aliphatic heterocycles. The van der Waals surface area contributed by atoms with Crippen LogP contribution in [0.15, 0.2) is 36.4 Å². The lowest BCUT2D eigenvalue weighted by molar-refractivity contribution is -0.147. The van der Waals surface area contributed by atoms with Crippen LogP contribution in [0.4, 0.5) is 14.5 Å². The minimum absolute atomic E-state index is 0.0674. The van der Waals surface area contributed by atoms with Gasteiger partial charge < -0.3 is 24.8 Å². The van der Waals surface area contributed by atoms with Crippen LogP contribution in [0.1, 0.15) is 23.2 Å². The lowest BCUT2D eigenvalue weighted by Crippen LogP contribution is -2.26. The summed E-state index contributed by atoms with van der Waals surface area (Å²) in [5.41, 5.74) is 0.0623. The van der Waals surface area contributed by atoms with Crippen molar-refractivity contribution in [3.8, 4) is 11.5 Å². The number of halogens is 2. The lowest BCUT2D eigenvalue weighted by atomic mass is 10.2. The van der Waals surface area contributed by atoms with Gasteiger partial charge in [-0.1, -0.05) is 0 Å². The Labute approximate surface area is 177 Å². The summed E-state index contributed by atoms with van der Waals surface area (Å²) in [7, 11) is 2.93. The maximum Gasteiger partial charge on any atom is 0.306 e. The van der Waals surface area contributed by atoms with E-state index in [0.29, 0.717) is 23.3 Å². The SMILES string of the molecule is COc1ccc(OC)c(NC(=O)COC(=O)CCCNC(=O)c2ccc(F)cc2F)c1. The number of carbonyl (C=O) groups is 3. The Hall–Kier alpha value is -3.69. The van der Waals surface area contributed by atoms with E-state index >= 15 is 0 Å². The monoisotopic (exact) mass is 436 g/mol. The molecule has 31 heavy (non-hydrogen) atoms. The van der Waals surface area contributed by atoms with Crippen LogP contribution in [0.2, 0.25) is 0 Å². The summed E-state index contributed by atoms with van der Waals surface area (Å²) < 4.78 is 41.5. The van der Waals surface area contributed by atoms with Gasteiger partial charge in [0.05, 0.1) is 25.5 Å². The zero-order chi connectivity index (χ0) is 22.8. The first-order chi connectivity index (χ1) is 14.8. The molecule has 0 aliphatic rings. The van der Waals surface area contributed by atoms with Crippen molar-refractivity contribution in [1.82, 2.24) is 5.32 Å². The van der Waals surface area contributed by atoms with Gasteiger partial charge in [-0.2, -0.15) is 0 Å². The number of hydrogen-bond donors (Lipinski definition) is 2. The number of amides is 2. The van der Waals surface area contributed by atoms with Crippen molar-refractivity contribution in [1.29, 1.82) is 0 Å². The van der Waals surface area contributed by atoms with Gasteiger partial charge in [0.1, 0.15) is 23.1 Å². The van der Waals surface area contributed by atoms with E-state index < -0.39 is 36.0 Å². The number of methoxy groups -OCH3 is 2. The minimum Gasteiger partial charge on any atom is -0.497 e. The fourth-order valence-electron chi connectivity index (χ4n) is 2.52. The second-order valence-electron chi connectivity index (χ2n) is 6.26. The molecule has 2 aromatic carbocycles. The number of rotatable bonds is 10. The van der Waals surface area contributed by atoms with Crippen LogP contribution in [0.5, 0.6) is 11.5 Å². The molecule has 0 bridgehead atoms. The Bertz CT molecular complexity index is 951. The molecule has 0 fully saturated rings. The normalized spacial score (nSPS) is 10.2. The van der Waals surface area contributed by atoms with Crippen molar-refractivity contribution >= 4 is 23.5 Å². The van der Waals surface area contributed by atoms with Gasteiger partial charge in [0.15, 0.2) is 6.61 Å². The van der Waals surface area contributed by atoms with E-state index in [-0.39, 0.29) is 24.9 Å². The Morgan fingerprint density at radius 3 is 2.45 bits per heavy atom. The number of anilines is 1. The van der Waals surface area contributed by atoms with Gasteiger partial charge in [0.25, 0.3) is 11.8 Å². The molecule has 2 rings (SSSR count). The largest absolute Gasteiger partial charge is 0.497 e. The summed E-state index contributed by atoms with van der Waals surface area (Å²) in [5.74, 6) is -2.78. The standard InChI is InChI=1S/C21H22F2N2O6/c1-29-14-6-8-18(30-2)17(11-14)25-19(26)12-31-20(27)4-3-9-24-21(28)15-7-5-13(22)10-16(15)23/h5-8,10-11H,3-4,9,12H2,1-2H3,(H,24,28)(H,25,26). The second-order valence-corrected chi connectivity index (χ2v) is 6.26. The Morgan fingerprint density at radius 2 is 1.77 bits per heavy atom. The first kappa shape index (κ1) is 23.6. The quantitative estimate of drug-likeness (QED) is 0.439. The third kappa shape index (κ3) is 7.25. The predicted octanol–water partition coefficient (Wildman–Crippen LogP) is 2.67. The minimum atomic E-state index is -0.976. The Balaban J connectivity index is 1.71. The van der Waals surface area contributed by atoms with Crippen LogP contribution >= 0.6 is 0 Å². The van der Waals surface area contributed by atoms with Gasteiger partial charge in [-0.25, -0.2) is 8.78 Å². The van der Waals surface area contributed by atoms with Crippen LogP contribution in [-0.2, 0) is 14.3 Å². The van der Waals surface area contributed by atoms with Crippen LogP contribution < -0.4 is 20.1 Å². The highest BCUT2D eigenvalue weighted by atomic mass is 19.1. The first-order valence-corrected chi connectivity index (χ1v) is 9.24. The number of benzene rings is 2. The van der Waals surface area contributed by atoms with Crippen LogP contribution in [0.3, 0.4) is 0 Å². The van der Waals surface area contributed by atoms with Gasteiger partial charge in [-0.05, 0) is 30.7 Å². The highest BCUT2D eigenvalue weighted by Gasteiger charge is 2.14. The van der Waals surface area contributed by atoms with Gasteiger partial charge >= 0.3 is 5.97 Å². The Kier molecular flexibility index (Phi) is 8.74. The van der Waals surface area contributed by atoms with Crippen LogP contribution in [-0.4, -0.2) is 45.2 Å². The zero-order valence-electron chi connectivity index (χ0n) is 17.0. The maximum atomic E-state index is 13.5. The summed E-state index contributed by atoms with van der Waals surface area (Å²) >= 11 is 0. The molecule has 0 radical (unpaired) electrons. The van der Waals surface area contributed by atoms with Gasteiger partial charge in [0, 0.05) is 25.1 Å². The van der Waals surface area contributed by atoms with E-state index in [2.05, 4.69) is 10.6 Å². The fraction of sp³-hybridized carbons (Fsp3) is 0.286. The molecule has 0 saturated heterocycles. The van der Waals surface area contributed by atoms with E-state index in [1.807, 2.05) is 0 Å². The van der Waals surface area contributed by atoms with Crippen molar-refractivity contribution < 1.29 is 37.4 Å². The number of hydrogen-bond acceptors (Lipinski definition) is 6. The lowest BCUT2D eigenvalue weighted by Gasteiger charge is -2.12. The molecule has 0 saturated carbocycles. The van der Waals surface area contributed by atoms with Gasteiger partial charge in [-0.3, -0.25) is 14.4 Å². The molecule has 2 aromatic rings. The van der Waals surface area contributed by atoms with Crippen LogP contribution in [0, 0.1) is 11.6 Å². The van der Waals surface area contributed by atoms with E-state index in [0.717, 1.165) is 12.1 Å². The molecule has 0 aromatic heterocycles. The average molecular weight is 436 g/mol. The number of esters is 1. The maximum absolute atomic E-state index is 13.5. The molecule has 0 unspecified atom stereocenters. The smallest absolute Gasteiger partial charge is 0.306 e. The number of ether oxygens (including phenoxy) is 3. The number of nitrogens with one attached hydrogen (secondary N) is 2. The topological polar surface area (TPSA) is 103 Å². The third-order valence-corrected chi connectivity index (χ3v) is 4.06. The third-order valence-electron chi connectivity index (χ3n) is 4.06. The molecule has 0 atom stereocenters. The zero-order valence-corrected chi connectivity index (χ0v) is 17.0. The molecule has 0 spiro atoms.